The summed E-state index contributed by atoms with van der Waals surface area (Å²) < 4.78 is 32.0. The SMILES string of the molecule is CCOC(=O)COc1c(/C=N/NC(=O)COc2ccc([C@@H]3NC(=O)NC(C)=C3C(=O)OCC)cc2OC)cccc1OC. The highest BCUT2D eigenvalue weighted by atomic mass is 16.6. The quantitative estimate of drug-likeness (QED) is 0.167. The molecule has 3 rings (SSSR count). The average molecular weight is 599 g/mol. The molecule has 1 aliphatic heterocycles. The normalized spacial score (nSPS) is 14.3. The Morgan fingerprint density at radius 3 is 2.40 bits per heavy atom. The number of hydrogen-bond donors (Lipinski definition) is 3. The van der Waals surface area contributed by atoms with Gasteiger partial charge in [0, 0.05) is 11.3 Å². The van der Waals surface area contributed by atoms with Gasteiger partial charge in [-0.1, -0.05) is 12.1 Å². The molecule has 1 heterocycles. The van der Waals surface area contributed by atoms with Crippen molar-refractivity contribution >= 4 is 30.1 Å². The molecule has 1 atom stereocenters. The van der Waals surface area contributed by atoms with Crippen LogP contribution in [0.4, 0.5) is 4.79 Å². The highest BCUT2D eigenvalue weighted by Crippen LogP contribution is 2.35. The van der Waals surface area contributed by atoms with Crippen LogP contribution in [0.15, 0.2) is 52.8 Å². The number of methoxy groups -OCH3 is 2. The molecule has 230 valence electrons. The highest BCUT2D eigenvalue weighted by molar-refractivity contribution is 5.95. The number of carbonyl (C=O) groups excluding carboxylic acids is 4. The Balaban J connectivity index is 1.67. The van der Waals surface area contributed by atoms with E-state index in [1.165, 1.54) is 20.4 Å². The Hall–Kier alpha value is -5.27. The van der Waals surface area contributed by atoms with Gasteiger partial charge in [0.25, 0.3) is 5.91 Å². The minimum Gasteiger partial charge on any atom is -0.493 e. The fraction of sp³-hybridized carbons (Fsp3) is 0.345. The lowest BCUT2D eigenvalue weighted by molar-refractivity contribution is -0.145. The number of amides is 3. The van der Waals surface area contributed by atoms with Crippen LogP contribution in [0.3, 0.4) is 0 Å². The topological polar surface area (TPSA) is 172 Å². The van der Waals surface area contributed by atoms with E-state index in [9.17, 15) is 19.2 Å². The molecule has 14 nitrogen and oxygen atoms in total. The van der Waals surface area contributed by atoms with Gasteiger partial charge in [-0.25, -0.2) is 19.8 Å². The number of carbonyl (C=O) groups is 4. The summed E-state index contributed by atoms with van der Waals surface area (Å²) in [7, 11) is 2.87. The van der Waals surface area contributed by atoms with Crippen LogP contribution in [0.25, 0.3) is 0 Å². The fourth-order valence-corrected chi connectivity index (χ4v) is 4.04. The van der Waals surface area contributed by atoms with Crippen molar-refractivity contribution in [1.29, 1.82) is 0 Å². The number of benzene rings is 2. The van der Waals surface area contributed by atoms with Crippen molar-refractivity contribution in [2.24, 2.45) is 5.10 Å². The van der Waals surface area contributed by atoms with E-state index in [4.69, 9.17) is 28.4 Å². The number of urea groups is 1. The van der Waals surface area contributed by atoms with Gasteiger partial charge in [-0.05, 0) is 50.6 Å². The molecule has 43 heavy (non-hydrogen) atoms. The summed E-state index contributed by atoms with van der Waals surface area (Å²) in [5, 5.41) is 9.24. The Bertz CT molecular complexity index is 1410. The molecule has 3 amide bonds. The van der Waals surface area contributed by atoms with E-state index in [0.29, 0.717) is 22.6 Å². The smallest absolute Gasteiger partial charge is 0.344 e. The van der Waals surface area contributed by atoms with Gasteiger partial charge in [0.05, 0.1) is 45.3 Å². The lowest BCUT2D eigenvalue weighted by atomic mass is 9.95. The predicted molar refractivity (Wildman–Crippen MR) is 153 cm³/mol. The zero-order valence-corrected chi connectivity index (χ0v) is 24.5. The molecule has 0 unspecified atom stereocenters. The van der Waals surface area contributed by atoms with Crippen LogP contribution in [0.5, 0.6) is 23.0 Å². The highest BCUT2D eigenvalue weighted by Gasteiger charge is 2.32. The standard InChI is InChI=1S/C29H34N4O10/c1-6-40-24(35)16-43-27-19(9-8-10-21(27)38-4)14-30-33-23(34)15-42-20-12-11-18(13-22(20)39-5)26-25(28(36)41-7-2)17(3)31-29(37)32-26/h8-14,26H,6-7,15-16H2,1-5H3,(H,33,34)(H2,31,32,37)/b30-14+/t26-/m0/s1. The molecule has 2 aromatic carbocycles. The third-order valence-corrected chi connectivity index (χ3v) is 5.91. The maximum Gasteiger partial charge on any atom is 0.344 e. The number of rotatable bonds is 14. The second-order valence-electron chi connectivity index (χ2n) is 8.76. The minimum atomic E-state index is -0.795. The third kappa shape index (κ3) is 8.61. The second-order valence-corrected chi connectivity index (χ2v) is 8.76. The lowest BCUT2D eigenvalue weighted by Crippen LogP contribution is -2.45. The molecule has 0 aliphatic carbocycles. The van der Waals surface area contributed by atoms with Crippen molar-refractivity contribution in [3.05, 3.63) is 58.8 Å². The summed E-state index contributed by atoms with van der Waals surface area (Å²) in [5.41, 5.74) is 3.96. The molecule has 1 aliphatic rings. The van der Waals surface area contributed by atoms with Crippen molar-refractivity contribution in [3.63, 3.8) is 0 Å². The second kappa shape index (κ2) is 15.7. The molecule has 0 radical (unpaired) electrons. The predicted octanol–water partition coefficient (Wildman–Crippen LogP) is 2.37. The van der Waals surface area contributed by atoms with Gasteiger partial charge in [-0.2, -0.15) is 5.10 Å². The van der Waals surface area contributed by atoms with Gasteiger partial charge >= 0.3 is 18.0 Å². The monoisotopic (exact) mass is 598 g/mol. The van der Waals surface area contributed by atoms with Gasteiger partial charge in [0.2, 0.25) is 0 Å². The first-order valence-electron chi connectivity index (χ1n) is 13.3. The maximum atomic E-state index is 12.6. The van der Waals surface area contributed by atoms with Crippen LogP contribution in [0.2, 0.25) is 0 Å². The fourth-order valence-electron chi connectivity index (χ4n) is 4.04. The van der Waals surface area contributed by atoms with Crippen LogP contribution in [0, 0.1) is 0 Å². The summed E-state index contributed by atoms with van der Waals surface area (Å²) >= 11 is 0. The van der Waals surface area contributed by atoms with E-state index in [0.717, 1.165) is 0 Å². The van der Waals surface area contributed by atoms with Gasteiger partial charge in [0.1, 0.15) is 0 Å². The van der Waals surface area contributed by atoms with Crippen molar-refractivity contribution in [1.82, 2.24) is 16.1 Å². The molecule has 0 aromatic heterocycles. The number of para-hydroxylation sites is 1. The molecular weight excluding hydrogens is 564 g/mol. The number of esters is 2. The van der Waals surface area contributed by atoms with Gasteiger partial charge < -0.3 is 39.1 Å². The summed E-state index contributed by atoms with van der Waals surface area (Å²) in [6.07, 6.45) is 1.33. The van der Waals surface area contributed by atoms with Gasteiger partial charge in [-0.3, -0.25) is 4.79 Å². The zero-order chi connectivity index (χ0) is 31.4. The first-order valence-corrected chi connectivity index (χ1v) is 13.3. The minimum absolute atomic E-state index is 0.169. The van der Waals surface area contributed by atoms with Crippen LogP contribution >= 0.6 is 0 Å². The van der Waals surface area contributed by atoms with E-state index in [1.54, 1.807) is 57.2 Å². The zero-order valence-electron chi connectivity index (χ0n) is 24.5. The summed E-state index contributed by atoms with van der Waals surface area (Å²) in [6.45, 7) is 4.63. The van der Waals surface area contributed by atoms with E-state index >= 15 is 0 Å². The molecule has 0 saturated carbocycles. The van der Waals surface area contributed by atoms with Gasteiger partial charge in [-0.15, -0.1) is 0 Å². The summed E-state index contributed by atoms with van der Waals surface area (Å²) in [6, 6.07) is 8.52. The lowest BCUT2D eigenvalue weighted by Gasteiger charge is -2.28. The molecule has 0 fully saturated rings. The van der Waals surface area contributed by atoms with Crippen LogP contribution < -0.4 is 35.0 Å². The van der Waals surface area contributed by atoms with Gasteiger partial charge in [0.15, 0.2) is 36.2 Å². The first-order chi connectivity index (χ1) is 20.7. The van der Waals surface area contributed by atoms with Crippen molar-refractivity contribution in [2.45, 2.75) is 26.8 Å². The average Bonchev–Trinajstić information content (AvgIpc) is 2.98. The van der Waals surface area contributed by atoms with Crippen molar-refractivity contribution in [3.8, 4) is 23.0 Å². The van der Waals surface area contributed by atoms with Crippen LogP contribution in [-0.4, -0.2) is 70.7 Å². The molecule has 0 spiro atoms. The molecular formula is C29H34N4O10. The van der Waals surface area contributed by atoms with E-state index in [2.05, 4.69) is 21.2 Å². The molecule has 3 N–H and O–H groups in total. The molecule has 0 saturated heterocycles. The Kier molecular flexibility index (Phi) is 11.7. The number of nitrogens with one attached hydrogen (secondary N) is 3. The number of hydrazone groups is 1. The molecule has 14 heteroatoms. The Labute approximate surface area is 248 Å². The Morgan fingerprint density at radius 1 is 0.953 bits per heavy atom. The summed E-state index contributed by atoms with van der Waals surface area (Å²) in [5.74, 6) is -0.570. The van der Waals surface area contributed by atoms with Crippen molar-refractivity contribution in [2.75, 3.05) is 40.6 Å². The number of nitrogens with zero attached hydrogens (tertiary/aromatic N) is 1. The number of ether oxygens (including phenoxy) is 6. The van der Waals surface area contributed by atoms with Crippen LogP contribution in [-0.2, 0) is 23.9 Å². The van der Waals surface area contributed by atoms with Crippen LogP contribution in [0.1, 0.15) is 37.9 Å². The molecule has 0 bridgehead atoms. The Morgan fingerprint density at radius 2 is 1.70 bits per heavy atom. The first kappa shape index (κ1) is 32.2. The third-order valence-electron chi connectivity index (χ3n) is 5.91. The van der Waals surface area contributed by atoms with E-state index in [-0.39, 0.29) is 42.6 Å². The largest absolute Gasteiger partial charge is 0.493 e. The number of hydrogen-bond acceptors (Lipinski definition) is 11. The number of allylic oxidation sites excluding steroid dienone is 1. The van der Waals surface area contributed by atoms with Crippen molar-refractivity contribution < 1.29 is 47.6 Å². The van der Waals surface area contributed by atoms with E-state index < -0.39 is 36.5 Å². The summed E-state index contributed by atoms with van der Waals surface area (Å²) in [4.78, 5) is 48.9. The van der Waals surface area contributed by atoms with E-state index in [1.807, 2.05) is 0 Å². The maximum absolute atomic E-state index is 12.6. The molecule has 2 aromatic rings.